The summed E-state index contributed by atoms with van der Waals surface area (Å²) in [5.74, 6) is 0.579. The number of hydrogen-bond acceptors (Lipinski definition) is 4. The van der Waals surface area contributed by atoms with Gasteiger partial charge in [0, 0.05) is 56.9 Å². The van der Waals surface area contributed by atoms with Crippen molar-refractivity contribution in [2.75, 3.05) is 52.9 Å². The highest BCUT2D eigenvalue weighted by molar-refractivity contribution is 6.42. The molecule has 1 aliphatic heterocycles. The molecule has 4 rings (SSSR count). The number of benzene rings is 3. The highest BCUT2D eigenvalue weighted by Gasteiger charge is 2.24. The fourth-order valence-corrected chi connectivity index (χ4v) is 4.95. The van der Waals surface area contributed by atoms with E-state index >= 15 is 0 Å². The number of ether oxygens (including phenoxy) is 1. The molecule has 39 heavy (non-hydrogen) atoms. The van der Waals surface area contributed by atoms with E-state index in [0.717, 1.165) is 11.3 Å². The standard InChI is InChI=1S/C30H30Cl3N3O3/c1-39-28-11-5-2-7-22(28)8-6-14-35(30(38)24-9-3-4-10-25(24)31)18-15-34-16-19-36(20-17-34)29(37)23-12-13-26(32)27(33)21-23/h2-13,21H,14-20H2,1H3/b8-6+. The molecule has 2 amide bonds. The molecule has 6 nitrogen and oxygen atoms in total. The number of carbonyl (C=O) groups is 2. The lowest BCUT2D eigenvalue weighted by Crippen LogP contribution is -2.50. The lowest BCUT2D eigenvalue weighted by molar-refractivity contribution is 0.0609. The Balaban J connectivity index is 1.38. The molecule has 3 aromatic carbocycles. The molecule has 0 N–H and O–H groups in total. The molecule has 1 saturated heterocycles. The molecule has 204 valence electrons. The van der Waals surface area contributed by atoms with Crippen molar-refractivity contribution in [1.82, 2.24) is 14.7 Å². The average Bonchev–Trinajstić information content (AvgIpc) is 2.96. The Hall–Kier alpha value is -3.03. The van der Waals surface area contributed by atoms with Crippen molar-refractivity contribution in [2.45, 2.75) is 0 Å². The quantitative estimate of drug-likeness (QED) is 0.297. The summed E-state index contributed by atoms with van der Waals surface area (Å²) in [6, 6.07) is 19.8. The third-order valence-corrected chi connectivity index (χ3v) is 7.73. The van der Waals surface area contributed by atoms with Gasteiger partial charge < -0.3 is 14.5 Å². The van der Waals surface area contributed by atoms with Crippen molar-refractivity contribution in [3.05, 3.63) is 105 Å². The molecule has 0 aliphatic carbocycles. The van der Waals surface area contributed by atoms with Gasteiger partial charge in [-0.05, 0) is 36.4 Å². The highest BCUT2D eigenvalue weighted by Crippen LogP contribution is 2.24. The maximum Gasteiger partial charge on any atom is 0.255 e. The second kappa shape index (κ2) is 13.9. The third kappa shape index (κ3) is 7.55. The number of para-hydroxylation sites is 1. The lowest BCUT2D eigenvalue weighted by atomic mass is 10.1. The minimum Gasteiger partial charge on any atom is -0.496 e. The van der Waals surface area contributed by atoms with Crippen LogP contribution in [0.3, 0.4) is 0 Å². The number of hydrogen-bond donors (Lipinski definition) is 0. The number of methoxy groups -OCH3 is 1. The molecular weight excluding hydrogens is 557 g/mol. The first-order valence-corrected chi connectivity index (χ1v) is 13.8. The molecule has 0 unspecified atom stereocenters. The number of piperazine rings is 1. The van der Waals surface area contributed by atoms with Crippen LogP contribution in [0.1, 0.15) is 26.3 Å². The van der Waals surface area contributed by atoms with Crippen LogP contribution in [0.25, 0.3) is 6.08 Å². The fourth-order valence-electron chi connectivity index (χ4n) is 4.44. The molecule has 1 heterocycles. The number of halogens is 3. The van der Waals surface area contributed by atoms with Crippen molar-refractivity contribution in [3.63, 3.8) is 0 Å². The van der Waals surface area contributed by atoms with Gasteiger partial charge in [0.25, 0.3) is 11.8 Å². The van der Waals surface area contributed by atoms with Gasteiger partial charge in [-0.1, -0.05) is 77.3 Å². The van der Waals surface area contributed by atoms with Crippen molar-refractivity contribution in [1.29, 1.82) is 0 Å². The van der Waals surface area contributed by atoms with Gasteiger partial charge in [-0.2, -0.15) is 0 Å². The molecule has 0 bridgehead atoms. The van der Waals surface area contributed by atoms with E-state index in [2.05, 4.69) is 4.90 Å². The van der Waals surface area contributed by atoms with Crippen LogP contribution in [-0.4, -0.2) is 79.4 Å². The molecule has 3 aromatic rings. The van der Waals surface area contributed by atoms with E-state index in [1.807, 2.05) is 53.5 Å². The predicted molar refractivity (Wildman–Crippen MR) is 158 cm³/mol. The maximum absolute atomic E-state index is 13.4. The van der Waals surface area contributed by atoms with Gasteiger partial charge in [0.1, 0.15) is 5.75 Å². The van der Waals surface area contributed by atoms with Crippen LogP contribution in [0.4, 0.5) is 0 Å². The van der Waals surface area contributed by atoms with Crippen molar-refractivity contribution in [2.24, 2.45) is 0 Å². The monoisotopic (exact) mass is 585 g/mol. The molecular formula is C30H30Cl3N3O3. The van der Waals surface area contributed by atoms with Crippen LogP contribution in [0.15, 0.2) is 72.8 Å². The Morgan fingerprint density at radius 2 is 1.62 bits per heavy atom. The van der Waals surface area contributed by atoms with Crippen molar-refractivity contribution < 1.29 is 14.3 Å². The second-order valence-electron chi connectivity index (χ2n) is 9.14. The highest BCUT2D eigenvalue weighted by atomic mass is 35.5. The Morgan fingerprint density at radius 1 is 0.897 bits per heavy atom. The second-order valence-corrected chi connectivity index (χ2v) is 10.4. The maximum atomic E-state index is 13.4. The van der Waals surface area contributed by atoms with Crippen LogP contribution in [0, 0.1) is 0 Å². The van der Waals surface area contributed by atoms with E-state index in [-0.39, 0.29) is 11.8 Å². The first kappa shape index (κ1) is 29.0. The minimum atomic E-state index is -0.126. The first-order chi connectivity index (χ1) is 18.9. The molecule has 0 saturated carbocycles. The Labute approximate surface area is 244 Å². The number of amides is 2. The Morgan fingerprint density at radius 3 is 2.33 bits per heavy atom. The van der Waals surface area contributed by atoms with Crippen molar-refractivity contribution in [3.8, 4) is 5.75 Å². The van der Waals surface area contributed by atoms with E-state index in [1.165, 1.54) is 0 Å². The molecule has 1 fully saturated rings. The summed E-state index contributed by atoms with van der Waals surface area (Å²) in [7, 11) is 1.64. The third-order valence-electron chi connectivity index (χ3n) is 6.67. The molecule has 0 spiro atoms. The number of carbonyl (C=O) groups excluding carboxylic acids is 2. The van der Waals surface area contributed by atoms with Gasteiger partial charge in [-0.3, -0.25) is 14.5 Å². The van der Waals surface area contributed by atoms with Crippen LogP contribution in [-0.2, 0) is 0 Å². The molecule has 0 aromatic heterocycles. The van der Waals surface area contributed by atoms with E-state index in [1.54, 1.807) is 42.3 Å². The number of nitrogens with zero attached hydrogens (tertiary/aromatic N) is 3. The van der Waals surface area contributed by atoms with E-state index in [0.29, 0.717) is 72.0 Å². The van der Waals surface area contributed by atoms with Crippen LogP contribution < -0.4 is 4.74 Å². The van der Waals surface area contributed by atoms with E-state index in [4.69, 9.17) is 39.5 Å². The molecule has 0 atom stereocenters. The Bertz CT molecular complexity index is 1340. The number of rotatable bonds is 9. The zero-order valence-electron chi connectivity index (χ0n) is 21.7. The van der Waals surface area contributed by atoms with Gasteiger partial charge >= 0.3 is 0 Å². The SMILES string of the molecule is COc1ccccc1/C=C/CN(CCN1CCN(C(=O)c2ccc(Cl)c(Cl)c2)CC1)C(=O)c1ccccc1Cl. The van der Waals surface area contributed by atoms with Crippen LogP contribution in [0.2, 0.25) is 15.1 Å². The molecule has 9 heteroatoms. The summed E-state index contributed by atoms with van der Waals surface area (Å²) in [6.07, 6.45) is 3.92. The summed E-state index contributed by atoms with van der Waals surface area (Å²) in [6.45, 7) is 4.19. The fraction of sp³-hybridized carbons (Fsp3) is 0.267. The van der Waals surface area contributed by atoms with E-state index in [9.17, 15) is 9.59 Å². The summed E-state index contributed by atoms with van der Waals surface area (Å²) in [4.78, 5) is 32.2. The van der Waals surface area contributed by atoms with Crippen LogP contribution >= 0.6 is 34.8 Å². The van der Waals surface area contributed by atoms with Gasteiger partial charge in [-0.25, -0.2) is 0 Å². The largest absolute Gasteiger partial charge is 0.496 e. The van der Waals surface area contributed by atoms with Crippen LogP contribution in [0.5, 0.6) is 5.75 Å². The molecule has 1 aliphatic rings. The summed E-state index contributed by atoms with van der Waals surface area (Å²) in [5.41, 5.74) is 1.94. The summed E-state index contributed by atoms with van der Waals surface area (Å²) < 4.78 is 5.43. The zero-order valence-corrected chi connectivity index (χ0v) is 23.9. The Kier molecular flexibility index (Phi) is 10.3. The minimum absolute atomic E-state index is 0.0646. The topological polar surface area (TPSA) is 53.1 Å². The zero-order chi connectivity index (χ0) is 27.8. The summed E-state index contributed by atoms with van der Waals surface area (Å²) in [5, 5.41) is 1.21. The summed E-state index contributed by atoms with van der Waals surface area (Å²) >= 11 is 18.4. The van der Waals surface area contributed by atoms with Crippen molar-refractivity contribution >= 4 is 52.7 Å². The molecule has 0 radical (unpaired) electrons. The van der Waals surface area contributed by atoms with Gasteiger partial charge in [0.05, 0.1) is 27.7 Å². The normalized spacial score (nSPS) is 14.0. The predicted octanol–water partition coefficient (Wildman–Crippen LogP) is 6.27. The smallest absolute Gasteiger partial charge is 0.255 e. The lowest BCUT2D eigenvalue weighted by Gasteiger charge is -2.36. The van der Waals surface area contributed by atoms with Gasteiger partial charge in [0.2, 0.25) is 0 Å². The average molecular weight is 587 g/mol. The van der Waals surface area contributed by atoms with Gasteiger partial charge in [0.15, 0.2) is 0 Å². The van der Waals surface area contributed by atoms with Gasteiger partial charge in [-0.15, -0.1) is 0 Å². The first-order valence-electron chi connectivity index (χ1n) is 12.7. The van der Waals surface area contributed by atoms with E-state index < -0.39 is 0 Å².